The van der Waals surface area contributed by atoms with E-state index in [1.807, 2.05) is 30.3 Å². The van der Waals surface area contributed by atoms with Gasteiger partial charge >= 0.3 is 0 Å². The van der Waals surface area contributed by atoms with Crippen LogP contribution in [0.5, 0.6) is 0 Å². The van der Waals surface area contributed by atoms with Crippen LogP contribution >= 0.6 is 0 Å². The summed E-state index contributed by atoms with van der Waals surface area (Å²) in [6.45, 7) is 2.36. The maximum Gasteiger partial charge on any atom is 0.242 e. The Morgan fingerprint density at radius 3 is 2.73 bits per heavy atom. The fourth-order valence-electron chi connectivity index (χ4n) is 2.61. The largest absolute Gasteiger partial charge is 0.394 e. The molecule has 6 nitrogen and oxygen atoms in total. The quantitative estimate of drug-likeness (QED) is 0.829. The molecular weight excluding hydrogens is 284 g/mol. The number of aliphatic hydroxyl groups excluding tert-OH is 1. The van der Waals surface area contributed by atoms with Gasteiger partial charge in [-0.2, -0.15) is 0 Å². The van der Waals surface area contributed by atoms with E-state index in [1.54, 1.807) is 11.8 Å². The molecule has 6 heteroatoms. The maximum atomic E-state index is 12.4. The summed E-state index contributed by atoms with van der Waals surface area (Å²) >= 11 is 0. The second kappa shape index (κ2) is 7.91. The molecule has 0 radical (unpaired) electrons. The van der Waals surface area contributed by atoms with Crippen LogP contribution in [-0.2, 0) is 14.3 Å². The molecule has 0 aliphatic carbocycles. The summed E-state index contributed by atoms with van der Waals surface area (Å²) in [7, 11) is 0. The molecule has 2 amide bonds. The number of nitrogens with one attached hydrogen (secondary N) is 1. The summed E-state index contributed by atoms with van der Waals surface area (Å²) in [5, 5.41) is 12.1. The number of nitrogens with zero attached hydrogens (tertiary/aromatic N) is 1. The van der Waals surface area contributed by atoms with Crippen LogP contribution in [-0.4, -0.2) is 54.2 Å². The highest BCUT2D eigenvalue weighted by atomic mass is 16.5. The first kappa shape index (κ1) is 16.5. The third-order valence-corrected chi connectivity index (χ3v) is 3.75. The van der Waals surface area contributed by atoms with E-state index >= 15 is 0 Å². The molecule has 1 fully saturated rings. The highest BCUT2D eigenvalue weighted by Crippen LogP contribution is 2.29. The lowest BCUT2D eigenvalue weighted by atomic mass is 9.98. The molecule has 2 atom stereocenters. The molecule has 0 spiro atoms. The lowest BCUT2D eigenvalue weighted by molar-refractivity contribution is -0.149. The monoisotopic (exact) mass is 306 g/mol. The highest BCUT2D eigenvalue weighted by molar-refractivity contribution is 5.85. The van der Waals surface area contributed by atoms with Gasteiger partial charge in [0.25, 0.3) is 0 Å². The van der Waals surface area contributed by atoms with Crippen molar-refractivity contribution in [1.82, 2.24) is 10.2 Å². The van der Waals surface area contributed by atoms with Gasteiger partial charge in [-0.25, -0.2) is 0 Å². The topological polar surface area (TPSA) is 78.9 Å². The number of benzene rings is 1. The third-order valence-electron chi connectivity index (χ3n) is 3.75. The smallest absolute Gasteiger partial charge is 0.242 e. The van der Waals surface area contributed by atoms with Crippen molar-refractivity contribution < 1.29 is 19.4 Å². The van der Waals surface area contributed by atoms with Gasteiger partial charge in [-0.1, -0.05) is 37.3 Å². The van der Waals surface area contributed by atoms with Crippen LogP contribution in [0.1, 0.15) is 24.9 Å². The lowest BCUT2D eigenvalue weighted by Crippen LogP contribution is -2.52. The average molecular weight is 306 g/mol. The molecule has 1 aliphatic rings. The summed E-state index contributed by atoms with van der Waals surface area (Å²) in [6.07, 6.45) is -0.111. The summed E-state index contributed by atoms with van der Waals surface area (Å²) in [6, 6.07) is 9.15. The molecule has 0 unspecified atom stereocenters. The Morgan fingerprint density at radius 1 is 1.36 bits per heavy atom. The summed E-state index contributed by atoms with van der Waals surface area (Å²) in [5.74, 6) is -0.325. The maximum absolute atomic E-state index is 12.4. The summed E-state index contributed by atoms with van der Waals surface area (Å²) < 4.78 is 5.59. The molecule has 1 aromatic carbocycles. The number of amides is 2. The van der Waals surface area contributed by atoms with E-state index in [4.69, 9.17) is 4.74 Å². The Balaban J connectivity index is 2.15. The Hall–Kier alpha value is -1.92. The number of ether oxygens (including phenoxy) is 1. The minimum atomic E-state index is -0.457. The van der Waals surface area contributed by atoms with Crippen molar-refractivity contribution in [1.29, 1.82) is 0 Å². The Kier molecular flexibility index (Phi) is 5.91. The predicted molar refractivity (Wildman–Crippen MR) is 81.0 cm³/mol. The number of morpholine rings is 1. The first-order chi connectivity index (χ1) is 10.7. The molecule has 0 aromatic heterocycles. The molecule has 2 rings (SSSR count). The van der Waals surface area contributed by atoms with Gasteiger partial charge in [-0.15, -0.1) is 0 Å². The van der Waals surface area contributed by atoms with Crippen molar-refractivity contribution in [2.75, 3.05) is 26.3 Å². The van der Waals surface area contributed by atoms with Gasteiger partial charge in [0, 0.05) is 13.0 Å². The Labute approximate surface area is 130 Å². The van der Waals surface area contributed by atoms with Crippen LogP contribution in [0, 0.1) is 0 Å². The van der Waals surface area contributed by atoms with Crippen molar-refractivity contribution in [3.05, 3.63) is 35.9 Å². The Morgan fingerprint density at radius 2 is 2.09 bits per heavy atom. The van der Waals surface area contributed by atoms with E-state index in [-0.39, 0.29) is 31.0 Å². The first-order valence-corrected chi connectivity index (χ1v) is 7.51. The highest BCUT2D eigenvalue weighted by Gasteiger charge is 2.35. The fraction of sp³-hybridized carbons (Fsp3) is 0.500. The van der Waals surface area contributed by atoms with E-state index in [2.05, 4.69) is 5.32 Å². The van der Waals surface area contributed by atoms with Gasteiger partial charge in [0.1, 0.15) is 6.10 Å². The Bertz CT molecular complexity index is 506. The van der Waals surface area contributed by atoms with Gasteiger partial charge in [-0.3, -0.25) is 9.59 Å². The molecule has 1 heterocycles. The zero-order chi connectivity index (χ0) is 15.9. The van der Waals surface area contributed by atoms with Gasteiger partial charge in [0.2, 0.25) is 11.8 Å². The van der Waals surface area contributed by atoms with E-state index in [1.165, 1.54) is 0 Å². The zero-order valence-electron chi connectivity index (χ0n) is 12.7. The average Bonchev–Trinajstić information content (AvgIpc) is 2.59. The lowest BCUT2D eigenvalue weighted by Gasteiger charge is -2.41. The number of carbonyl (C=O) groups excluding carboxylic acids is 2. The molecular formula is C16H22N2O4. The second-order valence-electron chi connectivity index (χ2n) is 5.16. The van der Waals surface area contributed by atoms with Crippen molar-refractivity contribution >= 4 is 11.8 Å². The van der Waals surface area contributed by atoms with Crippen LogP contribution in [0.2, 0.25) is 0 Å². The molecule has 1 saturated heterocycles. The molecule has 0 bridgehead atoms. The standard InChI is InChI=1S/C16H22N2O4/c1-2-14(20)17-10-15(21)18-8-9-22-13(11-19)16(18)12-6-4-3-5-7-12/h3-7,13,16,19H,2,8-11H2,1H3,(H,17,20)/t13-,16-/m1/s1. The van der Waals surface area contributed by atoms with Crippen LogP contribution in [0.3, 0.4) is 0 Å². The van der Waals surface area contributed by atoms with Crippen molar-refractivity contribution in [3.8, 4) is 0 Å². The zero-order valence-corrected chi connectivity index (χ0v) is 12.7. The molecule has 120 valence electrons. The van der Waals surface area contributed by atoms with Gasteiger partial charge in [0.15, 0.2) is 0 Å². The predicted octanol–water partition coefficient (Wildman–Crippen LogP) is 0.474. The van der Waals surface area contributed by atoms with Crippen LogP contribution in [0.25, 0.3) is 0 Å². The second-order valence-corrected chi connectivity index (χ2v) is 5.16. The normalized spacial score (nSPS) is 21.5. The number of hydrogen-bond donors (Lipinski definition) is 2. The minimum absolute atomic E-state index is 0.0336. The SMILES string of the molecule is CCC(=O)NCC(=O)N1CCO[C@H](CO)[C@H]1c1ccccc1. The van der Waals surface area contributed by atoms with Crippen molar-refractivity contribution in [3.63, 3.8) is 0 Å². The number of aliphatic hydroxyl groups is 1. The van der Waals surface area contributed by atoms with E-state index in [9.17, 15) is 14.7 Å². The number of hydrogen-bond acceptors (Lipinski definition) is 4. The summed E-state index contributed by atoms with van der Waals surface area (Å²) in [4.78, 5) is 25.4. The first-order valence-electron chi connectivity index (χ1n) is 7.51. The van der Waals surface area contributed by atoms with E-state index in [0.29, 0.717) is 19.6 Å². The minimum Gasteiger partial charge on any atom is -0.394 e. The van der Waals surface area contributed by atoms with Crippen molar-refractivity contribution in [2.24, 2.45) is 0 Å². The van der Waals surface area contributed by atoms with E-state index < -0.39 is 6.10 Å². The molecule has 2 N–H and O–H groups in total. The van der Waals surface area contributed by atoms with Crippen LogP contribution in [0.15, 0.2) is 30.3 Å². The van der Waals surface area contributed by atoms with Crippen LogP contribution in [0.4, 0.5) is 0 Å². The van der Waals surface area contributed by atoms with Crippen LogP contribution < -0.4 is 5.32 Å². The number of rotatable bonds is 5. The van der Waals surface area contributed by atoms with Gasteiger partial charge < -0.3 is 20.1 Å². The number of carbonyl (C=O) groups is 2. The third kappa shape index (κ3) is 3.84. The van der Waals surface area contributed by atoms with Gasteiger partial charge in [0.05, 0.1) is 25.8 Å². The van der Waals surface area contributed by atoms with Gasteiger partial charge in [-0.05, 0) is 5.56 Å². The molecule has 0 saturated carbocycles. The van der Waals surface area contributed by atoms with E-state index in [0.717, 1.165) is 5.56 Å². The molecule has 1 aromatic rings. The van der Waals surface area contributed by atoms with Crippen molar-refractivity contribution in [2.45, 2.75) is 25.5 Å². The fourth-order valence-corrected chi connectivity index (χ4v) is 2.61. The molecule has 1 aliphatic heterocycles. The summed E-state index contributed by atoms with van der Waals surface area (Å²) in [5.41, 5.74) is 0.913. The molecule has 22 heavy (non-hydrogen) atoms.